The Kier molecular flexibility index (Phi) is 4.63. The Bertz CT molecular complexity index is 872. The first kappa shape index (κ1) is 15.6. The molecule has 2 heterocycles. The second kappa shape index (κ2) is 6.84. The van der Waals surface area contributed by atoms with Gasteiger partial charge in [-0.05, 0) is 19.1 Å². The van der Waals surface area contributed by atoms with Gasteiger partial charge in [-0.2, -0.15) is 11.8 Å². The van der Waals surface area contributed by atoms with Crippen molar-refractivity contribution < 1.29 is 0 Å². The van der Waals surface area contributed by atoms with E-state index in [1.54, 1.807) is 34.8 Å². The highest BCUT2D eigenvalue weighted by Crippen LogP contribution is 2.15. The quantitative estimate of drug-likeness (QED) is 0.361. The number of fused-ring (bicyclic) bond motifs is 1. The summed E-state index contributed by atoms with van der Waals surface area (Å²) in [6, 6.07) is 7.26. The summed E-state index contributed by atoms with van der Waals surface area (Å²) in [6.07, 6.45) is 1.69. The average molecular weight is 330 g/mol. The first-order valence-corrected chi connectivity index (χ1v) is 8.39. The number of aromatic nitrogens is 4. The van der Waals surface area contributed by atoms with Gasteiger partial charge in [-0.25, -0.2) is 15.8 Å². The highest BCUT2D eigenvalue weighted by Gasteiger charge is 2.10. The van der Waals surface area contributed by atoms with Crippen LogP contribution in [0.2, 0.25) is 0 Å². The molecule has 0 atom stereocenters. The zero-order chi connectivity index (χ0) is 16.2. The van der Waals surface area contributed by atoms with Crippen molar-refractivity contribution in [3.63, 3.8) is 0 Å². The maximum atomic E-state index is 12.6. The highest BCUT2D eigenvalue weighted by atomic mass is 32.2. The average Bonchev–Trinajstić information content (AvgIpc) is 2.98. The SMILES string of the molecule is Cc1[nH]cnc1CSCCn1c(NN)nc2ccccc2c1=O. The first-order valence-electron chi connectivity index (χ1n) is 7.23. The summed E-state index contributed by atoms with van der Waals surface area (Å²) in [5.41, 5.74) is 5.19. The van der Waals surface area contributed by atoms with Crippen molar-refractivity contribution in [2.75, 3.05) is 11.2 Å². The van der Waals surface area contributed by atoms with Gasteiger partial charge in [-0.3, -0.25) is 14.8 Å². The molecular weight excluding hydrogens is 312 g/mol. The minimum atomic E-state index is -0.0832. The summed E-state index contributed by atoms with van der Waals surface area (Å²) in [4.78, 5) is 24.3. The van der Waals surface area contributed by atoms with Crippen molar-refractivity contribution in [2.24, 2.45) is 5.84 Å². The number of para-hydroxylation sites is 1. The number of aromatic amines is 1. The molecule has 2 aromatic heterocycles. The molecule has 0 aliphatic heterocycles. The van der Waals surface area contributed by atoms with Crippen LogP contribution in [0, 0.1) is 6.92 Å². The number of anilines is 1. The van der Waals surface area contributed by atoms with Crippen LogP contribution in [0.15, 0.2) is 35.4 Å². The van der Waals surface area contributed by atoms with Crippen LogP contribution in [0.4, 0.5) is 5.95 Å². The number of imidazole rings is 1. The smallest absolute Gasteiger partial charge is 0.262 e. The summed E-state index contributed by atoms with van der Waals surface area (Å²) >= 11 is 1.71. The largest absolute Gasteiger partial charge is 0.348 e. The molecule has 0 aliphatic carbocycles. The third kappa shape index (κ3) is 3.22. The van der Waals surface area contributed by atoms with Crippen molar-refractivity contribution in [3.8, 4) is 0 Å². The summed E-state index contributed by atoms with van der Waals surface area (Å²) < 4.78 is 1.58. The highest BCUT2D eigenvalue weighted by molar-refractivity contribution is 7.98. The first-order chi connectivity index (χ1) is 11.2. The number of aryl methyl sites for hydroxylation is 1. The van der Waals surface area contributed by atoms with Crippen LogP contribution < -0.4 is 16.8 Å². The Labute approximate surface area is 137 Å². The van der Waals surface area contributed by atoms with Crippen molar-refractivity contribution in [1.82, 2.24) is 19.5 Å². The molecular formula is C15H18N6OS. The number of nitrogens with one attached hydrogen (secondary N) is 2. The molecule has 0 aliphatic rings. The number of thioether (sulfide) groups is 1. The summed E-state index contributed by atoms with van der Waals surface area (Å²) in [6.45, 7) is 2.53. The number of hydrazine groups is 1. The lowest BCUT2D eigenvalue weighted by atomic mass is 10.2. The molecule has 23 heavy (non-hydrogen) atoms. The van der Waals surface area contributed by atoms with E-state index in [0.29, 0.717) is 23.4 Å². The van der Waals surface area contributed by atoms with Crippen LogP contribution >= 0.6 is 11.8 Å². The molecule has 8 heteroatoms. The molecule has 0 fully saturated rings. The van der Waals surface area contributed by atoms with E-state index < -0.39 is 0 Å². The van der Waals surface area contributed by atoms with E-state index in [4.69, 9.17) is 5.84 Å². The molecule has 0 amide bonds. The zero-order valence-corrected chi connectivity index (χ0v) is 13.6. The van der Waals surface area contributed by atoms with Gasteiger partial charge in [-0.15, -0.1) is 0 Å². The summed E-state index contributed by atoms with van der Waals surface area (Å²) in [5.74, 6) is 7.47. The number of hydrogen-bond donors (Lipinski definition) is 3. The van der Waals surface area contributed by atoms with Crippen molar-refractivity contribution in [3.05, 3.63) is 52.3 Å². The van der Waals surface area contributed by atoms with Gasteiger partial charge >= 0.3 is 0 Å². The van der Waals surface area contributed by atoms with Gasteiger partial charge in [0.15, 0.2) is 0 Å². The molecule has 0 radical (unpaired) electrons. The van der Waals surface area contributed by atoms with Gasteiger partial charge in [0.25, 0.3) is 5.56 Å². The third-order valence-electron chi connectivity index (χ3n) is 3.62. The van der Waals surface area contributed by atoms with Crippen molar-refractivity contribution in [1.29, 1.82) is 0 Å². The van der Waals surface area contributed by atoms with Crippen molar-refractivity contribution >= 4 is 28.6 Å². The number of benzene rings is 1. The molecule has 7 nitrogen and oxygen atoms in total. The molecule has 0 unspecified atom stereocenters. The van der Waals surface area contributed by atoms with Gasteiger partial charge in [0.1, 0.15) is 0 Å². The van der Waals surface area contributed by atoms with E-state index in [0.717, 1.165) is 22.9 Å². The van der Waals surface area contributed by atoms with Gasteiger partial charge in [0, 0.05) is 23.7 Å². The van der Waals surface area contributed by atoms with Crippen LogP contribution in [-0.4, -0.2) is 25.3 Å². The molecule has 4 N–H and O–H groups in total. The van der Waals surface area contributed by atoms with Gasteiger partial charge < -0.3 is 4.98 Å². The lowest BCUT2D eigenvalue weighted by Crippen LogP contribution is -2.28. The Morgan fingerprint density at radius 2 is 2.22 bits per heavy atom. The minimum absolute atomic E-state index is 0.0832. The van der Waals surface area contributed by atoms with E-state index in [-0.39, 0.29) is 5.56 Å². The lowest BCUT2D eigenvalue weighted by Gasteiger charge is -2.12. The van der Waals surface area contributed by atoms with E-state index in [9.17, 15) is 4.79 Å². The number of nitrogen functional groups attached to an aromatic ring is 1. The maximum absolute atomic E-state index is 12.6. The van der Waals surface area contributed by atoms with E-state index >= 15 is 0 Å². The zero-order valence-electron chi connectivity index (χ0n) is 12.7. The monoisotopic (exact) mass is 330 g/mol. The van der Waals surface area contributed by atoms with Crippen LogP contribution in [0.3, 0.4) is 0 Å². The normalized spacial score (nSPS) is 11.0. The van der Waals surface area contributed by atoms with Crippen LogP contribution in [0.1, 0.15) is 11.4 Å². The Morgan fingerprint density at radius 3 is 2.96 bits per heavy atom. The predicted octanol–water partition coefficient (Wildman–Crippen LogP) is 1.65. The fourth-order valence-electron chi connectivity index (χ4n) is 2.34. The van der Waals surface area contributed by atoms with Gasteiger partial charge in [-0.1, -0.05) is 12.1 Å². The molecule has 1 aromatic carbocycles. The number of hydrogen-bond acceptors (Lipinski definition) is 6. The molecule has 0 bridgehead atoms. The predicted molar refractivity (Wildman–Crippen MR) is 93.3 cm³/mol. The van der Waals surface area contributed by atoms with E-state index in [2.05, 4.69) is 20.4 Å². The molecule has 0 saturated heterocycles. The number of rotatable bonds is 6. The van der Waals surface area contributed by atoms with E-state index in [1.807, 2.05) is 19.1 Å². The van der Waals surface area contributed by atoms with Crippen LogP contribution in [-0.2, 0) is 12.3 Å². The number of nitrogens with zero attached hydrogens (tertiary/aromatic N) is 3. The third-order valence-corrected chi connectivity index (χ3v) is 4.57. The molecule has 120 valence electrons. The summed E-state index contributed by atoms with van der Waals surface area (Å²) in [5, 5.41) is 0.597. The second-order valence-electron chi connectivity index (χ2n) is 5.08. The van der Waals surface area contributed by atoms with E-state index in [1.165, 1.54) is 0 Å². The van der Waals surface area contributed by atoms with Gasteiger partial charge in [0.05, 0.1) is 22.9 Å². The lowest BCUT2D eigenvalue weighted by molar-refractivity contribution is 0.731. The van der Waals surface area contributed by atoms with Crippen LogP contribution in [0.5, 0.6) is 0 Å². The molecule has 0 saturated carbocycles. The standard InChI is InChI=1S/C15H18N6OS/c1-10-13(18-9-17-10)8-23-7-6-21-14(22)11-4-2-3-5-12(11)19-15(21)20-16/h2-5,9H,6-8,16H2,1H3,(H,17,18)(H,19,20). The topological polar surface area (TPSA) is 102 Å². The van der Waals surface area contributed by atoms with Gasteiger partial charge in [0.2, 0.25) is 5.95 Å². The Balaban J connectivity index is 1.75. The van der Waals surface area contributed by atoms with Crippen molar-refractivity contribution in [2.45, 2.75) is 19.2 Å². The second-order valence-corrected chi connectivity index (χ2v) is 6.19. The molecule has 3 aromatic rings. The fraction of sp³-hybridized carbons (Fsp3) is 0.267. The number of nitrogens with two attached hydrogens (primary N) is 1. The Morgan fingerprint density at radius 1 is 1.39 bits per heavy atom. The molecule has 0 spiro atoms. The Hall–Kier alpha value is -2.32. The maximum Gasteiger partial charge on any atom is 0.262 e. The molecule has 3 rings (SSSR count). The summed E-state index contributed by atoms with van der Waals surface area (Å²) in [7, 11) is 0. The number of H-pyrrole nitrogens is 1. The minimum Gasteiger partial charge on any atom is -0.348 e. The fourth-order valence-corrected chi connectivity index (χ4v) is 3.28. The van der Waals surface area contributed by atoms with Crippen LogP contribution in [0.25, 0.3) is 10.9 Å².